The molecule has 0 bridgehead atoms. The molecule has 5 heteroatoms. The molecule has 0 aliphatic rings. The average Bonchev–Trinajstić information content (AvgIpc) is 3.74. The number of nitrogens with zero attached hydrogens (tertiary/aromatic N) is 1. The lowest BCUT2D eigenvalue weighted by Crippen LogP contribution is -2.16. The summed E-state index contributed by atoms with van der Waals surface area (Å²) in [5.41, 5.74) is 17.4. The zero-order valence-corrected chi connectivity index (χ0v) is 26.4. The highest BCUT2D eigenvalue weighted by Gasteiger charge is 2.21. The maximum atomic E-state index is 8.49. The van der Waals surface area contributed by atoms with Crippen molar-refractivity contribution in [3.63, 3.8) is 0 Å². The monoisotopic (exact) mass is 631 g/mol. The van der Waals surface area contributed by atoms with Crippen LogP contribution in [0, 0.1) is 5.41 Å². The molecule has 0 aliphatic carbocycles. The van der Waals surface area contributed by atoms with E-state index in [9.17, 15) is 0 Å². The molecule has 0 radical (unpaired) electrons. The Morgan fingerprint density at radius 1 is 0.490 bits per heavy atom. The van der Waals surface area contributed by atoms with E-state index >= 15 is 0 Å². The van der Waals surface area contributed by atoms with Gasteiger partial charge in [0.25, 0.3) is 0 Å². The van der Waals surface area contributed by atoms with Gasteiger partial charge >= 0.3 is 0 Å². The first kappa shape index (κ1) is 28.5. The fourth-order valence-electron chi connectivity index (χ4n) is 6.90. The molecule has 0 atom stereocenters. The Bertz CT molecular complexity index is 2740. The normalized spacial score (nSPS) is 12.0. The lowest BCUT2D eigenvalue weighted by atomic mass is 9.91. The fourth-order valence-corrected chi connectivity index (χ4v) is 6.90. The molecular weight excluding hydrogens is 603 g/mol. The summed E-state index contributed by atoms with van der Waals surface area (Å²) in [6.07, 6.45) is 0. The molecule has 5 nitrogen and oxygen atoms in total. The van der Waals surface area contributed by atoms with E-state index in [1.54, 1.807) is 0 Å². The summed E-state index contributed by atoms with van der Waals surface area (Å²) in [7, 11) is 0. The van der Waals surface area contributed by atoms with Crippen LogP contribution in [0.2, 0.25) is 0 Å². The lowest BCUT2D eigenvalue weighted by Gasteiger charge is -2.12. The smallest absolute Gasteiger partial charge is 0.154 e. The molecule has 7 aromatic carbocycles. The number of amidine groups is 2. The standard InChI is InChI=1S/C44H29N3O2/c45-43(28-14-5-2-6-15-28)47-44(46)30-17-9-16-29(26-30)31-24-25-35-34-21-10-20-33(41(34)49-42(35)39(31)27-12-3-1-4-13-27)32-19-11-23-38-40(32)36-18-7-8-22-37(36)48-38/h1-26H,(H3,45,46,47). The van der Waals surface area contributed by atoms with E-state index in [4.69, 9.17) is 20.0 Å². The predicted octanol–water partition coefficient (Wildman–Crippen LogP) is 11.2. The van der Waals surface area contributed by atoms with Crippen molar-refractivity contribution in [1.82, 2.24) is 0 Å². The Kier molecular flexibility index (Phi) is 6.69. The summed E-state index contributed by atoms with van der Waals surface area (Å²) in [6, 6.07) is 52.8. The summed E-state index contributed by atoms with van der Waals surface area (Å²) < 4.78 is 13.2. The van der Waals surface area contributed by atoms with E-state index in [2.05, 4.69) is 65.7 Å². The molecule has 0 fully saturated rings. The molecule has 2 aromatic heterocycles. The van der Waals surface area contributed by atoms with Gasteiger partial charge in [0.2, 0.25) is 0 Å². The van der Waals surface area contributed by atoms with Gasteiger partial charge in [-0.3, -0.25) is 5.41 Å². The van der Waals surface area contributed by atoms with E-state index in [0.717, 1.165) is 82.8 Å². The second-order valence-corrected chi connectivity index (χ2v) is 12.1. The molecule has 232 valence electrons. The van der Waals surface area contributed by atoms with E-state index in [1.165, 1.54) is 0 Å². The van der Waals surface area contributed by atoms with Crippen molar-refractivity contribution < 1.29 is 8.83 Å². The predicted molar refractivity (Wildman–Crippen MR) is 201 cm³/mol. The van der Waals surface area contributed by atoms with Crippen molar-refractivity contribution in [2.75, 3.05) is 0 Å². The number of benzene rings is 7. The summed E-state index contributed by atoms with van der Waals surface area (Å²) in [5.74, 6) is 0.402. The van der Waals surface area contributed by atoms with Crippen molar-refractivity contribution >= 4 is 55.5 Å². The second-order valence-electron chi connectivity index (χ2n) is 12.1. The van der Waals surface area contributed by atoms with Gasteiger partial charge in [-0.1, -0.05) is 133 Å². The van der Waals surface area contributed by atoms with Gasteiger partial charge in [0.15, 0.2) is 5.84 Å². The molecule has 9 rings (SSSR count). The van der Waals surface area contributed by atoms with Crippen LogP contribution in [0.5, 0.6) is 0 Å². The zero-order chi connectivity index (χ0) is 32.9. The topological polar surface area (TPSA) is 88.5 Å². The highest BCUT2D eigenvalue weighted by atomic mass is 16.3. The van der Waals surface area contributed by atoms with Crippen LogP contribution >= 0.6 is 0 Å². The number of para-hydroxylation sites is 2. The van der Waals surface area contributed by atoms with Crippen molar-refractivity contribution in [3.8, 4) is 33.4 Å². The van der Waals surface area contributed by atoms with Crippen LogP contribution in [-0.2, 0) is 0 Å². The molecule has 2 heterocycles. The number of rotatable bonds is 5. The Morgan fingerprint density at radius 2 is 1.12 bits per heavy atom. The quantitative estimate of drug-likeness (QED) is 0.146. The highest BCUT2D eigenvalue weighted by molar-refractivity contribution is 6.19. The first-order valence-corrected chi connectivity index (χ1v) is 16.2. The minimum Gasteiger partial charge on any atom is -0.456 e. The van der Waals surface area contributed by atoms with Crippen molar-refractivity contribution in [2.24, 2.45) is 10.7 Å². The number of furan rings is 2. The number of aliphatic imine (C=N–C) groups is 1. The van der Waals surface area contributed by atoms with Crippen LogP contribution < -0.4 is 5.73 Å². The molecule has 0 aliphatic heterocycles. The third-order valence-electron chi connectivity index (χ3n) is 9.17. The Morgan fingerprint density at radius 3 is 1.98 bits per heavy atom. The van der Waals surface area contributed by atoms with Gasteiger partial charge in [-0.05, 0) is 46.5 Å². The molecular formula is C44H29N3O2. The van der Waals surface area contributed by atoms with Gasteiger partial charge in [-0.15, -0.1) is 0 Å². The molecule has 3 N–H and O–H groups in total. The van der Waals surface area contributed by atoms with Gasteiger partial charge in [0.05, 0.1) is 0 Å². The summed E-state index contributed by atoms with van der Waals surface area (Å²) in [6.45, 7) is 0. The van der Waals surface area contributed by atoms with E-state index < -0.39 is 0 Å². The van der Waals surface area contributed by atoms with Gasteiger partial charge in [-0.25, -0.2) is 4.99 Å². The molecule has 0 saturated heterocycles. The van der Waals surface area contributed by atoms with Crippen LogP contribution in [0.1, 0.15) is 11.1 Å². The highest BCUT2D eigenvalue weighted by Crippen LogP contribution is 2.46. The van der Waals surface area contributed by atoms with Crippen LogP contribution in [-0.4, -0.2) is 11.7 Å². The number of nitrogens with one attached hydrogen (secondary N) is 1. The maximum absolute atomic E-state index is 8.49. The van der Waals surface area contributed by atoms with Gasteiger partial charge in [-0.2, -0.15) is 0 Å². The van der Waals surface area contributed by atoms with Crippen LogP contribution in [0.4, 0.5) is 0 Å². The van der Waals surface area contributed by atoms with Crippen LogP contribution in [0.25, 0.3) is 77.3 Å². The van der Waals surface area contributed by atoms with Crippen molar-refractivity contribution in [2.45, 2.75) is 0 Å². The third-order valence-corrected chi connectivity index (χ3v) is 9.17. The van der Waals surface area contributed by atoms with E-state index in [1.807, 2.05) is 97.1 Å². The van der Waals surface area contributed by atoms with Crippen LogP contribution in [0.3, 0.4) is 0 Å². The molecule has 0 saturated carbocycles. The molecule has 0 unspecified atom stereocenters. The largest absolute Gasteiger partial charge is 0.456 e. The first-order chi connectivity index (χ1) is 24.1. The van der Waals surface area contributed by atoms with E-state index in [-0.39, 0.29) is 11.7 Å². The maximum Gasteiger partial charge on any atom is 0.154 e. The van der Waals surface area contributed by atoms with Crippen LogP contribution in [0.15, 0.2) is 172 Å². The lowest BCUT2D eigenvalue weighted by molar-refractivity contribution is 0.669. The number of hydrogen-bond acceptors (Lipinski definition) is 3. The molecule has 0 amide bonds. The number of nitrogens with two attached hydrogens (primary N) is 1. The zero-order valence-electron chi connectivity index (χ0n) is 26.4. The van der Waals surface area contributed by atoms with Gasteiger partial charge in [0, 0.05) is 43.8 Å². The molecule has 9 aromatic rings. The minimum atomic E-state index is 0.118. The van der Waals surface area contributed by atoms with Gasteiger partial charge in [0.1, 0.15) is 28.2 Å². The second kappa shape index (κ2) is 11.5. The third kappa shape index (κ3) is 4.79. The van der Waals surface area contributed by atoms with Gasteiger partial charge < -0.3 is 14.6 Å². The minimum absolute atomic E-state index is 0.118. The number of fused-ring (bicyclic) bond motifs is 6. The van der Waals surface area contributed by atoms with E-state index in [0.29, 0.717) is 5.56 Å². The molecule has 49 heavy (non-hydrogen) atoms. The fraction of sp³-hybridized carbons (Fsp3) is 0. The SMILES string of the molecule is N=C(/N=C(\N)c1cccc(-c2ccc3c(oc4c(-c5cccc6oc7ccccc7c56)cccc43)c2-c2ccccc2)c1)c1ccccc1. The van der Waals surface area contributed by atoms with Crippen molar-refractivity contribution in [3.05, 3.63) is 169 Å². The first-order valence-electron chi connectivity index (χ1n) is 16.2. The Hall–Kier alpha value is -6.72. The summed E-state index contributed by atoms with van der Waals surface area (Å²) in [5, 5.41) is 12.7. The Balaban J connectivity index is 1.25. The average molecular weight is 632 g/mol. The number of hydrogen-bond donors (Lipinski definition) is 2. The Labute approximate surface area is 282 Å². The molecule has 0 spiro atoms. The summed E-state index contributed by atoms with van der Waals surface area (Å²) >= 11 is 0. The van der Waals surface area contributed by atoms with Crippen molar-refractivity contribution in [1.29, 1.82) is 5.41 Å². The summed E-state index contributed by atoms with van der Waals surface area (Å²) in [4.78, 5) is 4.44.